The van der Waals surface area contributed by atoms with Crippen LogP contribution in [-0.4, -0.2) is 41.3 Å². The van der Waals surface area contributed by atoms with E-state index in [1.165, 1.54) is 0 Å². The van der Waals surface area contributed by atoms with Gasteiger partial charge in [0.05, 0.1) is 18.8 Å². The molecule has 0 aliphatic heterocycles. The van der Waals surface area contributed by atoms with E-state index < -0.39 is 5.51 Å². The third-order valence-electron chi connectivity index (χ3n) is 2.88. The average molecular weight is 311 g/mol. The van der Waals surface area contributed by atoms with Crippen LogP contribution in [0.3, 0.4) is 0 Å². The van der Waals surface area contributed by atoms with Crippen molar-refractivity contribution in [3.63, 3.8) is 0 Å². The second-order valence-corrected chi connectivity index (χ2v) is 5.50. The van der Waals surface area contributed by atoms with E-state index in [0.29, 0.717) is 13.2 Å². The van der Waals surface area contributed by atoms with Gasteiger partial charge in [-0.15, -0.1) is 0 Å². The fourth-order valence-corrected chi connectivity index (χ4v) is 2.34. The van der Waals surface area contributed by atoms with E-state index in [1.807, 2.05) is 13.8 Å². The number of ether oxygens (including phenoxy) is 1. The summed E-state index contributed by atoms with van der Waals surface area (Å²) in [5, 5.41) is 7.51. The molecular formula is C12H20F3N3OS. The number of alkyl halides is 3. The highest BCUT2D eigenvalue weighted by molar-refractivity contribution is 8.00. The van der Waals surface area contributed by atoms with Crippen LogP contribution in [0.15, 0.2) is 0 Å². The van der Waals surface area contributed by atoms with Gasteiger partial charge in [0.25, 0.3) is 0 Å². The molecule has 0 unspecified atom stereocenters. The summed E-state index contributed by atoms with van der Waals surface area (Å²) in [6.07, 6.45) is 0. The van der Waals surface area contributed by atoms with Gasteiger partial charge in [-0.3, -0.25) is 4.68 Å². The summed E-state index contributed by atoms with van der Waals surface area (Å²) < 4.78 is 42.9. The number of hydrogen-bond donors (Lipinski definition) is 1. The topological polar surface area (TPSA) is 39.1 Å². The molecule has 0 aliphatic rings. The number of nitrogens with zero attached hydrogens (tertiary/aromatic N) is 2. The van der Waals surface area contributed by atoms with Gasteiger partial charge in [0.15, 0.2) is 0 Å². The van der Waals surface area contributed by atoms with E-state index in [2.05, 4.69) is 10.4 Å². The highest BCUT2D eigenvalue weighted by Crippen LogP contribution is 2.30. The van der Waals surface area contributed by atoms with Crippen LogP contribution >= 0.6 is 11.8 Å². The second kappa shape index (κ2) is 7.90. The predicted molar refractivity (Wildman–Crippen MR) is 73.8 cm³/mol. The maximum Gasteiger partial charge on any atom is 0.441 e. The monoisotopic (exact) mass is 311 g/mol. The molecule has 0 spiro atoms. The lowest BCUT2D eigenvalue weighted by atomic mass is 10.2. The molecule has 0 amide bonds. The first-order chi connectivity index (χ1) is 9.35. The Morgan fingerprint density at radius 3 is 2.65 bits per heavy atom. The largest absolute Gasteiger partial charge is 0.441 e. The van der Waals surface area contributed by atoms with Gasteiger partial charge in [0.1, 0.15) is 0 Å². The number of halogens is 3. The molecule has 116 valence electrons. The number of aryl methyl sites for hydroxylation is 2. The molecule has 0 aliphatic carbocycles. The molecule has 1 heterocycles. The van der Waals surface area contributed by atoms with Crippen LogP contribution in [0.2, 0.25) is 0 Å². The van der Waals surface area contributed by atoms with Crippen LogP contribution in [0.5, 0.6) is 0 Å². The number of thioether (sulfide) groups is 1. The number of methoxy groups -OCH3 is 1. The van der Waals surface area contributed by atoms with Crippen molar-refractivity contribution in [1.82, 2.24) is 15.1 Å². The lowest BCUT2D eigenvalue weighted by molar-refractivity contribution is -0.0328. The van der Waals surface area contributed by atoms with Gasteiger partial charge >= 0.3 is 5.51 Å². The van der Waals surface area contributed by atoms with Crippen molar-refractivity contribution in [1.29, 1.82) is 0 Å². The van der Waals surface area contributed by atoms with Crippen molar-refractivity contribution < 1.29 is 17.9 Å². The van der Waals surface area contributed by atoms with Crippen LogP contribution in [0.1, 0.15) is 17.0 Å². The molecule has 20 heavy (non-hydrogen) atoms. The minimum absolute atomic E-state index is 0.0163. The quantitative estimate of drug-likeness (QED) is 0.749. The minimum Gasteiger partial charge on any atom is -0.383 e. The van der Waals surface area contributed by atoms with Crippen LogP contribution in [0.4, 0.5) is 13.2 Å². The molecule has 1 N–H and O–H groups in total. The smallest absolute Gasteiger partial charge is 0.383 e. The van der Waals surface area contributed by atoms with E-state index >= 15 is 0 Å². The van der Waals surface area contributed by atoms with Gasteiger partial charge < -0.3 is 10.1 Å². The second-order valence-electron chi connectivity index (χ2n) is 4.34. The Hall–Kier alpha value is -0.730. The van der Waals surface area contributed by atoms with Gasteiger partial charge in [0.2, 0.25) is 0 Å². The van der Waals surface area contributed by atoms with Crippen molar-refractivity contribution in [3.05, 3.63) is 17.0 Å². The summed E-state index contributed by atoms with van der Waals surface area (Å²) in [5.74, 6) is -0.0258. The summed E-state index contributed by atoms with van der Waals surface area (Å²) >= 11 is -0.0163. The maximum atomic E-state index is 12.1. The fourth-order valence-electron chi connectivity index (χ4n) is 1.84. The molecule has 0 saturated carbocycles. The Morgan fingerprint density at radius 1 is 1.35 bits per heavy atom. The lowest BCUT2D eigenvalue weighted by Gasteiger charge is -2.08. The summed E-state index contributed by atoms with van der Waals surface area (Å²) in [6.45, 7) is 6.00. The summed E-state index contributed by atoms with van der Waals surface area (Å²) in [7, 11) is 1.63. The molecule has 0 radical (unpaired) electrons. The third-order valence-corrected chi connectivity index (χ3v) is 3.60. The molecule has 0 aromatic carbocycles. The minimum atomic E-state index is -4.18. The normalized spacial score (nSPS) is 12.1. The Bertz CT molecular complexity index is 421. The van der Waals surface area contributed by atoms with Crippen molar-refractivity contribution in [3.8, 4) is 0 Å². The van der Waals surface area contributed by atoms with Crippen LogP contribution in [0.25, 0.3) is 0 Å². The fraction of sp³-hybridized carbons (Fsp3) is 0.750. The van der Waals surface area contributed by atoms with Crippen molar-refractivity contribution in [2.75, 3.05) is 26.0 Å². The maximum absolute atomic E-state index is 12.1. The van der Waals surface area contributed by atoms with E-state index in [9.17, 15) is 13.2 Å². The van der Waals surface area contributed by atoms with E-state index in [0.717, 1.165) is 23.5 Å². The summed E-state index contributed by atoms with van der Waals surface area (Å²) in [4.78, 5) is 0. The zero-order chi connectivity index (χ0) is 15.2. The van der Waals surface area contributed by atoms with Crippen LogP contribution in [-0.2, 0) is 17.8 Å². The van der Waals surface area contributed by atoms with Crippen LogP contribution in [0, 0.1) is 13.8 Å². The van der Waals surface area contributed by atoms with E-state index in [4.69, 9.17) is 4.74 Å². The first kappa shape index (κ1) is 17.3. The SMILES string of the molecule is COCCNCc1c(C)nn(CCSC(F)(F)F)c1C. The molecule has 1 aromatic rings. The first-order valence-electron chi connectivity index (χ1n) is 6.28. The zero-order valence-corrected chi connectivity index (χ0v) is 12.7. The first-order valence-corrected chi connectivity index (χ1v) is 7.27. The molecule has 0 fully saturated rings. The van der Waals surface area contributed by atoms with Gasteiger partial charge in [-0.05, 0) is 25.6 Å². The van der Waals surface area contributed by atoms with Crippen molar-refractivity contribution in [2.45, 2.75) is 32.4 Å². The molecular weight excluding hydrogens is 291 g/mol. The number of aromatic nitrogens is 2. The summed E-state index contributed by atoms with van der Waals surface area (Å²) in [6, 6.07) is 0. The Balaban J connectivity index is 2.53. The Kier molecular flexibility index (Phi) is 6.84. The predicted octanol–water partition coefficient (Wildman–Crippen LogP) is 2.49. The highest BCUT2D eigenvalue weighted by atomic mass is 32.2. The van der Waals surface area contributed by atoms with Gasteiger partial charge in [-0.2, -0.15) is 18.3 Å². The molecule has 0 saturated heterocycles. The molecule has 0 atom stereocenters. The Morgan fingerprint density at radius 2 is 2.05 bits per heavy atom. The van der Waals surface area contributed by atoms with Gasteiger partial charge in [0, 0.05) is 37.2 Å². The molecule has 0 bridgehead atoms. The number of hydrogen-bond acceptors (Lipinski definition) is 4. The zero-order valence-electron chi connectivity index (χ0n) is 11.9. The van der Waals surface area contributed by atoms with Gasteiger partial charge in [-0.25, -0.2) is 0 Å². The molecule has 4 nitrogen and oxygen atoms in total. The van der Waals surface area contributed by atoms with Crippen LogP contribution < -0.4 is 5.32 Å². The van der Waals surface area contributed by atoms with Gasteiger partial charge in [-0.1, -0.05) is 0 Å². The highest BCUT2D eigenvalue weighted by Gasteiger charge is 2.27. The number of nitrogens with one attached hydrogen (secondary N) is 1. The lowest BCUT2D eigenvalue weighted by Crippen LogP contribution is -2.19. The average Bonchev–Trinajstić information content (AvgIpc) is 2.60. The standard InChI is InChI=1S/C12H20F3N3OS/c1-9-11(8-16-4-6-19-3)10(2)18(17-9)5-7-20-12(13,14)15/h16H,4-8H2,1-3H3. The Labute approximate surface area is 121 Å². The number of rotatable bonds is 8. The molecule has 1 aromatic heterocycles. The van der Waals surface area contributed by atoms with Crippen molar-refractivity contribution >= 4 is 11.8 Å². The van der Waals surface area contributed by atoms with E-state index in [1.54, 1.807) is 11.8 Å². The summed E-state index contributed by atoms with van der Waals surface area (Å²) in [5.41, 5.74) is -1.38. The third kappa shape index (κ3) is 5.72. The molecule has 1 rings (SSSR count). The van der Waals surface area contributed by atoms with Crippen molar-refractivity contribution in [2.24, 2.45) is 0 Å². The molecule has 8 heteroatoms. The van der Waals surface area contributed by atoms with E-state index in [-0.39, 0.29) is 24.1 Å².